The fourth-order valence-corrected chi connectivity index (χ4v) is 5.31. The number of aliphatic hydroxyl groups excluding tert-OH is 2. The Balaban J connectivity index is 1.89. The number of hydrogen-bond acceptors (Lipinski definition) is 9. The molecule has 0 saturated heterocycles. The van der Waals surface area contributed by atoms with Gasteiger partial charge < -0.3 is 33.7 Å². The molecule has 5 rings (SSSR count). The maximum absolute atomic E-state index is 14.0. The van der Waals surface area contributed by atoms with Gasteiger partial charge in [0.05, 0.1) is 35.7 Å². The van der Waals surface area contributed by atoms with Crippen LogP contribution in [-0.2, 0) is 26.1 Å². The van der Waals surface area contributed by atoms with E-state index in [1.165, 1.54) is 14.0 Å². The molecule has 0 amide bonds. The summed E-state index contributed by atoms with van der Waals surface area (Å²) in [6.45, 7) is 3.64. The number of aryl methyl sites for hydroxylation is 1. The highest BCUT2D eigenvalue weighted by Crippen LogP contribution is 2.49. The van der Waals surface area contributed by atoms with E-state index in [1.807, 2.05) is 36.4 Å². The standard InChI is InChI=1S/C29H29NO9/c1-14(32)37-26-23-21(39-29(2,3)27(26)38-28(35)19(33)13-31)12-20(36-5)22-24(23)30(4)18-11-16-9-7-6-8-15(16)10-17(18)25(22)34/h6-12,19,26-27,31,33H,13H2,1-5H3/t19?,26-,27-/m0/s1. The molecule has 1 unspecified atom stereocenters. The van der Waals surface area contributed by atoms with Gasteiger partial charge in [0, 0.05) is 25.4 Å². The van der Waals surface area contributed by atoms with Gasteiger partial charge in [0.1, 0.15) is 17.1 Å². The molecule has 10 heteroatoms. The van der Waals surface area contributed by atoms with Crippen molar-refractivity contribution in [3.63, 3.8) is 0 Å². The van der Waals surface area contributed by atoms with Crippen molar-refractivity contribution >= 4 is 44.5 Å². The van der Waals surface area contributed by atoms with Crippen LogP contribution in [0.15, 0.2) is 47.3 Å². The van der Waals surface area contributed by atoms with Crippen LogP contribution in [0.1, 0.15) is 32.4 Å². The third-order valence-corrected chi connectivity index (χ3v) is 7.12. The monoisotopic (exact) mass is 535 g/mol. The summed E-state index contributed by atoms with van der Waals surface area (Å²) in [5, 5.41) is 21.7. The molecule has 2 heterocycles. The molecule has 1 aromatic heterocycles. The normalized spacial score (nSPS) is 18.8. The number of methoxy groups -OCH3 is 1. The quantitative estimate of drug-likeness (QED) is 0.292. The highest BCUT2D eigenvalue weighted by atomic mass is 16.6. The smallest absolute Gasteiger partial charge is 0.337 e. The van der Waals surface area contributed by atoms with Crippen LogP contribution in [0, 0.1) is 0 Å². The largest absolute Gasteiger partial charge is 0.496 e. The number of pyridine rings is 1. The molecule has 0 bridgehead atoms. The van der Waals surface area contributed by atoms with Gasteiger partial charge in [-0.25, -0.2) is 4.79 Å². The molecule has 0 radical (unpaired) electrons. The molecule has 1 aliphatic heterocycles. The minimum Gasteiger partial charge on any atom is -0.496 e. The number of carbonyl (C=O) groups is 2. The second-order valence-corrected chi connectivity index (χ2v) is 10.1. The number of hydrogen-bond donors (Lipinski definition) is 2. The maximum atomic E-state index is 14.0. The zero-order valence-electron chi connectivity index (χ0n) is 22.2. The summed E-state index contributed by atoms with van der Waals surface area (Å²) in [5.74, 6) is -1.22. The first-order chi connectivity index (χ1) is 18.5. The van der Waals surface area contributed by atoms with E-state index >= 15 is 0 Å². The number of fused-ring (bicyclic) bond motifs is 5. The van der Waals surface area contributed by atoms with Crippen LogP contribution in [0.2, 0.25) is 0 Å². The topological polar surface area (TPSA) is 134 Å². The number of carbonyl (C=O) groups excluding carboxylic acids is 2. The average molecular weight is 536 g/mol. The maximum Gasteiger partial charge on any atom is 0.337 e. The SMILES string of the molecule is COc1cc2c(c3c1c(=O)c1cc4ccccc4cc1n3C)[C@H](OC(C)=O)[C@H](OC(=O)C(O)CO)C(C)(C)O2. The lowest BCUT2D eigenvalue weighted by Gasteiger charge is -2.44. The third-order valence-electron chi connectivity index (χ3n) is 7.12. The molecular formula is C29H29NO9. The van der Waals surface area contributed by atoms with E-state index in [1.54, 1.807) is 31.5 Å². The van der Waals surface area contributed by atoms with Crippen molar-refractivity contribution in [2.45, 2.75) is 44.7 Å². The summed E-state index contributed by atoms with van der Waals surface area (Å²) in [7, 11) is 3.23. The molecule has 0 aliphatic carbocycles. The van der Waals surface area contributed by atoms with Crippen LogP contribution in [0.4, 0.5) is 0 Å². The Morgan fingerprint density at radius 3 is 2.41 bits per heavy atom. The molecule has 10 nitrogen and oxygen atoms in total. The van der Waals surface area contributed by atoms with Crippen LogP contribution in [0.5, 0.6) is 11.5 Å². The second kappa shape index (κ2) is 9.55. The van der Waals surface area contributed by atoms with Gasteiger partial charge in [0.2, 0.25) is 5.43 Å². The molecule has 2 N–H and O–H groups in total. The van der Waals surface area contributed by atoms with Crippen molar-refractivity contribution in [3.05, 3.63) is 58.3 Å². The number of nitrogens with zero attached hydrogens (tertiary/aromatic N) is 1. The molecule has 39 heavy (non-hydrogen) atoms. The summed E-state index contributed by atoms with van der Waals surface area (Å²) in [5.41, 5.74) is -0.229. The van der Waals surface area contributed by atoms with E-state index in [0.29, 0.717) is 22.0 Å². The van der Waals surface area contributed by atoms with Crippen molar-refractivity contribution < 1.29 is 38.7 Å². The van der Waals surface area contributed by atoms with Crippen molar-refractivity contribution in [2.75, 3.05) is 13.7 Å². The van der Waals surface area contributed by atoms with Gasteiger partial charge in [-0.15, -0.1) is 0 Å². The van der Waals surface area contributed by atoms with Crippen LogP contribution < -0.4 is 14.9 Å². The van der Waals surface area contributed by atoms with Gasteiger partial charge in [0.25, 0.3) is 0 Å². The van der Waals surface area contributed by atoms with Gasteiger partial charge in [-0.1, -0.05) is 24.3 Å². The van der Waals surface area contributed by atoms with Crippen LogP contribution in [0.3, 0.4) is 0 Å². The predicted molar refractivity (Wildman–Crippen MR) is 143 cm³/mol. The molecule has 0 fully saturated rings. The summed E-state index contributed by atoms with van der Waals surface area (Å²) in [6.07, 6.45) is -4.25. The highest BCUT2D eigenvalue weighted by molar-refractivity contribution is 6.04. The fraction of sp³-hybridized carbons (Fsp3) is 0.345. The first-order valence-electron chi connectivity index (χ1n) is 12.4. The zero-order chi connectivity index (χ0) is 28.2. The Kier molecular flexibility index (Phi) is 6.48. The lowest BCUT2D eigenvalue weighted by molar-refractivity contribution is -0.196. The average Bonchev–Trinajstić information content (AvgIpc) is 2.90. The molecule has 1 aliphatic rings. The van der Waals surface area contributed by atoms with E-state index < -0.39 is 42.5 Å². The Morgan fingerprint density at radius 2 is 1.79 bits per heavy atom. The molecular weight excluding hydrogens is 506 g/mol. The molecule has 3 atom stereocenters. The predicted octanol–water partition coefficient (Wildman–Crippen LogP) is 2.89. The van der Waals surface area contributed by atoms with E-state index in [4.69, 9.17) is 18.9 Å². The number of esters is 2. The lowest BCUT2D eigenvalue weighted by Crippen LogP contribution is -2.53. The van der Waals surface area contributed by atoms with Crippen LogP contribution in [-0.4, -0.2) is 58.2 Å². The van der Waals surface area contributed by atoms with Crippen molar-refractivity contribution in [3.8, 4) is 11.5 Å². The Morgan fingerprint density at radius 1 is 1.13 bits per heavy atom. The van der Waals surface area contributed by atoms with E-state index in [2.05, 4.69) is 0 Å². The summed E-state index contributed by atoms with van der Waals surface area (Å²) < 4.78 is 25.0. The highest BCUT2D eigenvalue weighted by Gasteiger charge is 2.50. The van der Waals surface area contributed by atoms with Crippen molar-refractivity contribution in [1.29, 1.82) is 0 Å². The summed E-state index contributed by atoms with van der Waals surface area (Å²) >= 11 is 0. The summed E-state index contributed by atoms with van der Waals surface area (Å²) in [4.78, 5) is 38.9. The van der Waals surface area contributed by atoms with Gasteiger partial charge in [-0.3, -0.25) is 9.59 Å². The number of rotatable bonds is 5. The zero-order valence-corrected chi connectivity index (χ0v) is 22.2. The van der Waals surface area contributed by atoms with Crippen molar-refractivity contribution in [2.24, 2.45) is 7.05 Å². The molecule has 0 saturated carbocycles. The van der Waals surface area contributed by atoms with Gasteiger partial charge in [-0.2, -0.15) is 0 Å². The number of ether oxygens (including phenoxy) is 4. The van der Waals surface area contributed by atoms with Crippen LogP contribution in [0.25, 0.3) is 32.6 Å². The Hall–Kier alpha value is -4.15. The van der Waals surface area contributed by atoms with E-state index in [9.17, 15) is 24.6 Å². The number of benzene rings is 3. The van der Waals surface area contributed by atoms with Crippen LogP contribution >= 0.6 is 0 Å². The Labute approximate surface area is 223 Å². The molecule has 4 aromatic rings. The second-order valence-electron chi connectivity index (χ2n) is 10.1. The van der Waals surface area contributed by atoms with Crippen molar-refractivity contribution in [1.82, 2.24) is 4.57 Å². The fourth-order valence-electron chi connectivity index (χ4n) is 5.31. The third kappa shape index (κ3) is 4.25. The summed E-state index contributed by atoms with van der Waals surface area (Å²) in [6, 6.07) is 13.0. The molecule has 3 aromatic carbocycles. The van der Waals surface area contributed by atoms with Gasteiger partial charge >= 0.3 is 11.9 Å². The molecule has 0 spiro atoms. The first-order valence-corrected chi connectivity index (χ1v) is 12.4. The first kappa shape index (κ1) is 26.5. The van der Waals surface area contributed by atoms with E-state index in [0.717, 1.165) is 10.8 Å². The van der Waals surface area contributed by atoms with Gasteiger partial charge in [-0.05, 0) is 36.8 Å². The number of aromatic nitrogens is 1. The molecule has 204 valence electrons. The number of aliphatic hydroxyl groups is 2. The van der Waals surface area contributed by atoms with E-state index in [-0.39, 0.29) is 22.3 Å². The minimum atomic E-state index is -1.80. The minimum absolute atomic E-state index is 0.238. The lowest BCUT2D eigenvalue weighted by atomic mass is 9.86. The van der Waals surface area contributed by atoms with Gasteiger partial charge in [0.15, 0.2) is 18.3 Å². The Bertz CT molecular complexity index is 1700.